The van der Waals surface area contributed by atoms with Gasteiger partial charge in [-0.05, 0) is 24.1 Å². The van der Waals surface area contributed by atoms with Crippen molar-refractivity contribution in [3.8, 4) is 0 Å². The molecule has 0 heterocycles. The quantitative estimate of drug-likeness (QED) is 0.559. The van der Waals surface area contributed by atoms with Gasteiger partial charge in [-0.2, -0.15) is 0 Å². The summed E-state index contributed by atoms with van der Waals surface area (Å²) in [6, 6.07) is 5.60. The lowest BCUT2D eigenvalue weighted by atomic mass is 10.00. The topological polar surface area (TPSA) is 78.1 Å². The van der Waals surface area contributed by atoms with E-state index in [0.717, 1.165) is 16.8 Å². The first-order valence-electron chi connectivity index (χ1n) is 3.97. The maximum absolute atomic E-state index is 5.79. The number of nitrogens with two attached hydrogens (primary N) is 3. The van der Waals surface area contributed by atoms with Crippen LogP contribution in [0.25, 0.3) is 0 Å². The maximum Gasteiger partial charge on any atom is 0.0442 e. The number of hydrogen-bond acceptors (Lipinski definition) is 3. The van der Waals surface area contributed by atoms with Crippen molar-refractivity contribution in [2.24, 2.45) is 11.5 Å². The monoisotopic (exact) mass is 165 g/mol. The van der Waals surface area contributed by atoms with Gasteiger partial charge in [0.05, 0.1) is 0 Å². The number of hydrogen-bond donors (Lipinski definition) is 3. The molecule has 6 N–H and O–H groups in total. The van der Waals surface area contributed by atoms with Crippen LogP contribution in [-0.4, -0.2) is 6.54 Å². The van der Waals surface area contributed by atoms with Crippen molar-refractivity contribution in [3.63, 3.8) is 0 Å². The number of anilines is 1. The van der Waals surface area contributed by atoms with Gasteiger partial charge in [0, 0.05) is 18.3 Å². The van der Waals surface area contributed by atoms with E-state index in [1.165, 1.54) is 0 Å². The molecule has 1 aromatic carbocycles. The van der Waals surface area contributed by atoms with E-state index in [1.807, 2.05) is 25.1 Å². The fourth-order valence-corrected chi connectivity index (χ4v) is 1.33. The minimum atomic E-state index is -0.147. The van der Waals surface area contributed by atoms with Crippen molar-refractivity contribution in [1.29, 1.82) is 0 Å². The van der Waals surface area contributed by atoms with E-state index in [2.05, 4.69) is 0 Å². The number of aryl methyl sites for hydroxylation is 1. The summed E-state index contributed by atoms with van der Waals surface area (Å²) >= 11 is 0. The summed E-state index contributed by atoms with van der Waals surface area (Å²) < 4.78 is 0. The van der Waals surface area contributed by atoms with Gasteiger partial charge < -0.3 is 17.2 Å². The third-order valence-electron chi connectivity index (χ3n) is 1.98. The van der Waals surface area contributed by atoms with Gasteiger partial charge in [0.25, 0.3) is 0 Å². The average Bonchev–Trinajstić information content (AvgIpc) is 2.03. The highest BCUT2D eigenvalue weighted by Crippen LogP contribution is 2.21. The molecule has 3 heteroatoms. The standard InChI is InChI=1S/C9H15N3/c1-6-3-2-4-7(11)9(6)8(12)5-10/h2-4,8H,5,10-12H2,1H3. The number of benzene rings is 1. The van der Waals surface area contributed by atoms with Crippen LogP contribution in [-0.2, 0) is 0 Å². The first kappa shape index (κ1) is 9.03. The van der Waals surface area contributed by atoms with Gasteiger partial charge in [-0.25, -0.2) is 0 Å². The smallest absolute Gasteiger partial charge is 0.0442 e. The van der Waals surface area contributed by atoms with Gasteiger partial charge in [0.15, 0.2) is 0 Å². The molecule has 0 radical (unpaired) electrons. The molecule has 1 atom stereocenters. The lowest BCUT2D eigenvalue weighted by molar-refractivity contribution is 0.734. The minimum Gasteiger partial charge on any atom is -0.398 e. The molecule has 0 aromatic heterocycles. The molecular weight excluding hydrogens is 150 g/mol. The van der Waals surface area contributed by atoms with E-state index in [9.17, 15) is 0 Å². The van der Waals surface area contributed by atoms with Crippen LogP contribution in [0.2, 0.25) is 0 Å². The van der Waals surface area contributed by atoms with Crippen LogP contribution in [0.3, 0.4) is 0 Å². The Morgan fingerprint density at radius 1 is 1.42 bits per heavy atom. The molecule has 0 fully saturated rings. The first-order valence-corrected chi connectivity index (χ1v) is 3.97. The van der Waals surface area contributed by atoms with Gasteiger partial charge in [-0.1, -0.05) is 12.1 Å². The van der Waals surface area contributed by atoms with E-state index in [0.29, 0.717) is 6.54 Å². The Morgan fingerprint density at radius 2 is 2.08 bits per heavy atom. The second-order valence-corrected chi connectivity index (χ2v) is 2.92. The highest BCUT2D eigenvalue weighted by molar-refractivity contribution is 5.52. The molecule has 0 aliphatic heterocycles. The second-order valence-electron chi connectivity index (χ2n) is 2.92. The van der Waals surface area contributed by atoms with E-state index < -0.39 is 0 Å². The summed E-state index contributed by atoms with van der Waals surface area (Å²) in [5.41, 5.74) is 19.8. The van der Waals surface area contributed by atoms with E-state index in [4.69, 9.17) is 17.2 Å². The van der Waals surface area contributed by atoms with Crippen molar-refractivity contribution in [2.75, 3.05) is 12.3 Å². The van der Waals surface area contributed by atoms with Gasteiger partial charge in [0.1, 0.15) is 0 Å². The Kier molecular flexibility index (Phi) is 2.68. The predicted octanol–water partition coefficient (Wildman–Crippen LogP) is 0.536. The van der Waals surface area contributed by atoms with Crippen molar-refractivity contribution < 1.29 is 0 Å². The lowest BCUT2D eigenvalue weighted by Crippen LogP contribution is -2.22. The molecular formula is C9H15N3. The SMILES string of the molecule is Cc1cccc(N)c1C(N)CN. The molecule has 66 valence electrons. The molecule has 1 rings (SSSR count). The summed E-state index contributed by atoms with van der Waals surface area (Å²) in [4.78, 5) is 0. The summed E-state index contributed by atoms with van der Waals surface area (Å²) in [5, 5.41) is 0. The summed E-state index contributed by atoms with van der Waals surface area (Å²) in [6.07, 6.45) is 0. The van der Waals surface area contributed by atoms with Crippen LogP contribution in [0.5, 0.6) is 0 Å². The Balaban J connectivity index is 3.12. The van der Waals surface area contributed by atoms with Gasteiger partial charge >= 0.3 is 0 Å². The van der Waals surface area contributed by atoms with Crippen molar-refractivity contribution in [2.45, 2.75) is 13.0 Å². The molecule has 1 unspecified atom stereocenters. The molecule has 3 nitrogen and oxygen atoms in total. The van der Waals surface area contributed by atoms with Crippen LogP contribution in [0, 0.1) is 6.92 Å². The largest absolute Gasteiger partial charge is 0.398 e. The van der Waals surface area contributed by atoms with Gasteiger partial charge in [-0.15, -0.1) is 0 Å². The van der Waals surface area contributed by atoms with Crippen molar-refractivity contribution in [3.05, 3.63) is 29.3 Å². The van der Waals surface area contributed by atoms with E-state index in [1.54, 1.807) is 0 Å². The van der Waals surface area contributed by atoms with Crippen molar-refractivity contribution in [1.82, 2.24) is 0 Å². The lowest BCUT2D eigenvalue weighted by Gasteiger charge is -2.14. The Labute approximate surface area is 72.5 Å². The number of rotatable bonds is 2. The first-order chi connectivity index (χ1) is 5.66. The van der Waals surface area contributed by atoms with Gasteiger partial charge in [0.2, 0.25) is 0 Å². The summed E-state index contributed by atoms with van der Waals surface area (Å²) in [5.74, 6) is 0. The zero-order valence-electron chi connectivity index (χ0n) is 7.25. The van der Waals surface area contributed by atoms with Crippen LogP contribution in [0.1, 0.15) is 17.2 Å². The van der Waals surface area contributed by atoms with Crippen LogP contribution in [0.15, 0.2) is 18.2 Å². The zero-order valence-corrected chi connectivity index (χ0v) is 7.25. The van der Waals surface area contributed by atoms with Crippen LogP contribution < -0.4 is 17.2 Å². The third-order valence-corrected chi connectivity index (χ3v) is 1.98. The Bertz CT molecular complexity index is 250. The summed E-state index contributed by atoms with van der Waals surface area (Å²) in [7, 11) is 0. The average molecular weight is 165 g/mol. The molecule has 0 saturated carbocycles. The molecule has 0 bridgehead atoms. The van der Waals surface area contributed by atoms with Crippen LogP contribution >= 0.6 is 0 Å². The third kappa shape index (κ3) is 1.57. The highest BCUT2D eigenvalue weighted by atomic mass is 14.7. The zero-order chi connectivity index (χ0) is 9.14. The van der Waals surface area contributed by atoms with Gasteiger partial charge in [-0.3, -0.25) is 0 Å². The van der Waals surface area contributed by atoms with E-state index in [-0.39, 0.29) is 6.04 Å². The second kappa shape index (κ2) is 3.56. The molecule has 0 saturated heterocycles. The minimum absolute atomic E-state index is 0.147. The number of nitrogen functional groups attached to an aromatic ring is 1. The molecule has 0 spiro atoms. The Morgan fingerprint density at radius 3 is 2.58 bits per heavy atom. The molecule has 12 heavy (non-hydrogen) atoms. The molecule has 1 aromatic rings. The molecule has 0 aliphatic carbocycles. The predicted molar refractivity (Wildman–Crippen MR) is 51.6 cm³/mol. The summed E-state index contributed by atoms with van der Waals surface area (Å²) in [6.45, 7) is 2.41. The highest BCUT2D eigenvalue weighted by Gasteiger charge is 2.09. The molecule has 0 aliphatic rings. The van der Waals surface area contributed by atoms with Crippen LogP contribution in [0.4, 0.5) is 5.69 Å². The maximum atomic E-state index is 5.79. The Hall–Kier alpha value is -1.06. The molecule has 0 amide bonds. The van der Waals surface area contributed by atoms with E-state index >= 15 is 0 Å². The fourth-order valence-electron chi connectivity index (χ4n) is 1.33. The normalized spacial score (nSPS) is 12.9. The fraction of sp³-hybridized carbons (Fsp3) is 0.333. The van der Waals surface area contributed by atoms with Crippen molar-refractivity contribution >= 4 is 5.69 Å².